The van der Waals surface area contributed by atoms with Crippen LogP contribution in [0.25, 0.3) is 0 Å². The normalized spacial score (nSPS) is 29.2. The van der Waals surface area contributed by atoms with Crippen molar-refractivity contribution < 1.29 is 4.74 Å². The summed E-state index contributed by atoms with van der Waals surface area (Å²) in [5, 5.41) is 0. The molecule has 2 N–H and O–H groups in total. The maximum Gasteiger partial charge on any atom is 0.0954 e. The molecule has 1 aromatic carbocycles. The van der Waals surface area contributed by atoms with E-state index in [0.29, 0.717) is 12.0 Å². The van der Waals surface area contributed by atoms with E-state index in [-0.39, 0.29) is 6.10 Å². The van der Waals surface area contributed by atoms with Crippen molar-refractivity contribution in [3.05, 3.63) is 35.4 Å². The highest BCUT2D eigenvalue weighted by atomic mass is 16.5. The molecule has 3 heteroatoms. The number of nitrogens with zero attached hydrogens (tertiary/aromatic N) is 1. The van der Waals surface area contributed by atoms with Gasteiger partial charge >= 0.3 is 0 Å². The van der Waals surface area contributed by atoms with E-state index in [2.05, 4.69) is 36.1 Å². The van der Waals surface area contributed by atoms with Crippen molar-refractivity contribution in [3.63, 3.8) is 0 Å². The van der Waals surface area contributed by atoms with Crippen LogP contribution in [0.1, 0.15) is 30.6 Å². The molecule has 0 aliphatic carbocycles. The van der Waals surface area contributed by atoms with Gasteiger partial charge in [-0.25, -0.2) is 0 Å². The van der Waals surface area contributed by atoms with Gasteiger partial charge in [-0.3, -0.25) is 0 Å². The van der Waals surface area contributed by atoms with Gasteiger partial charge in [-0.2, -0.15) is 0 Å². The van der Waals surface area contributed by atoms with Gasteiger partial charge in [0.05, 0.1) is 12.7 Å². The van der Waals surface area contributed by atoms with Crippen LogP contribution < -0.4 is 5.73 Å². The van der Waals surface area contributed by atoms with E-state index in [4.69, 9.17) is 10.5 Å². The van der Waals surface area contributed by atoms with E-state index in [1.165, 1.54) is 17.5 Å². The summed E-state index contributed by atoms with van der Waals surface area (Å²) in [6.45, 7) is 6.28. The Balaban J connectivity index is 1.66. The lowest BCUT2D eigenvalue weighted by Gasteiger charge is -2.29. The number of nitrogens with two attached hydrogens (primary N) is 1. The average molecular weight is 260 g/mol. The fourth-order valence-electron chi connectivity index (χ4n) is 3.32. The van der Waals surface area contributed by atoms with E-state index in [0.717, 1.165) is 32.7 Å². The molecule has 19 heavy (non-hydrogen) atoms. The summed E-state index contributed by atoms with van der Waals surface area (Å²) in [6, 6.07) is 9.01. The predicted octanol–water partition coefficient (Wildman–Crippen LogP) is 1.97. The fraction of sp³-hybridized carbons (Fsp3) is 0.625. The van der Waals surface area contributed by atoms with Crippen LogP contribution in [-0.2, 0) is 11.2 Å². The molecular formula is C16H24N2O. The highest BCUT2D eigenvalue weighted by Crippen LogP contribution is 2.29. The second kappa shape index (κ2) is 5.61. The van der Waals surface area contributed by atoms with Gasteiger partial charge in [-0.1, -0.05) is 24.3 Å². The van der Waals surface area contributed by atoms with Crippen molar-refractivity contribution in [2.75, 3.05) is 26.2 Å². The van der Waals surface area contributed by atoms with Crippen LogP contribution in [0.5, 0.6) is 0 Å². The van der Waals surface area contributed by atoms with Crippen molar-refractivity contribution >= 4 is 0 Å². The van der Waals surface area contributed by atoms with Crippen molar-refractivity contribution in [2.24, 2.45) is 11.7 Å². The number of ether oxygens (including phenoxy) is 1. The molecule has 3 rings (SSSR count). The number of fused-ring (bicyclic) bond motifs is 1. The Bertz CT molecular complexity index is 433. The van der Waals surface area contributed by atoms with E-state index in [9.17, 15) is 0 Å². The van der Waals surface area contributed by atoms with E-state index in [1.54, 1.807) is 0 Å². The third-order valence-electron chi connectivity index (χ3n) is 4.57. The number of hydrogen-bond acceptors (Lipinski definition) is 3. The average Bonchev–Trinajstić information content (AvgIpc) is 2.88. The SMILES string of the molecule is CC(N)C1CCN(CC2OCCc3ccccc32)C1. The Hall–Kier alpha value is -0.900. The zero-order valence-corrected chi connectivity index (χ0v) is 11.7. The van der Waals surface area contributed by atoms with Crippen molar-refractivity contribution in [3.8, 4) is 0 Å². The molecule has 0 amide bonds. The molecule has 1 fully saturated rings. The minimum absolute atomic E-state index is 0.247. The monoisotopic (exact) mass is 260 g/mol. The molecule has 3 unspecified atom stereocenters. The summed E-state index contributed by atoms with van der Waals surface area (Å²) >= 11 is 0. The van der Waals surface area contributed by atoms with Gasteiger partial charge in [0.2, 0.25) is 0 Å². The number of rotatable bonds is 3. The Labute approximate surface area is 115 Å². The first-order valence-electron chi connectivity index (χ1n) is 7.41. The van der Waals surface area contributed by atoms with Gasteiger partial charge in [-0.15, -0.1) is 0 Å². The number of hydrogen-bond donors (Lipinski definition) is 1. The van der Waals surface area contributed by atoms with Crippen LogP contribution in [0, 0.1) is 5.92 Å². The topological polar surface area (TPSA) is 38.5 Å². The molecule has 2 heterocycles. The lowest BCUT2D eigenvalue weighted by Crippen LogP contribution is -2.33. The van der Waals surface area contributed by atoms with Crippen LogP contribution in [0.2, 0.25) is 0 Å². The molecule has 1 saturated heterocycles. The molecule has 0 radical (unpaired) electrons. The quantitative estimate of drug-likeness (QED) is 0.903. The van der Waals surface area contributed by atoms with Crippen LogP contribution >= 0.6 is 0 Å². The second-order valence-corrected chi connectivity index (χ2v) is 5.98. The summed E-state index contributed by atoms with van der Waals surface area (Å²) in [4.78, 5) is 2.51. The third-order valence-corrected chi connectivity index (χ3v) is 4.57. The first-order chi connectivity index (χ1) is 9.24. The molecule has 104 valence electrons. The maximum atomic E-state index is 6.01. The van der Waals surface area contributed by atoms with Crippen molar-refractivity contribution in [2.45, 2.75) is 31.9 Å². The molecule has 2 aliphatic heterocycles. The van der Waals surface area contributed by atoms with Gasteiger partial charge in [0, 0.05) is 19.1 Å². The second-order valence-electron chi connectivity index (χ2n) is 5.98. The zero-order chi connectivity index (χ0) is 13.2. The summed E-state index contributed by atoms with van der Waals surface area (Å²) in [7, 11) is 0. The highest BCUT2D eigenvalue weighted by molar-refractivity contribution is 5.31. The Kier molecular flexibility index (Phi) is 3.87. The lowest BCUT2D eigenvalue weighted by atomic mass is 9.97. The Morgan fingerprint density at radius 3 is 3.05 bits per heavy atom. The van der Waals surface area contributed by atoms with Crippen molar-refractivity contribution in [1.82, 2.24) is 4.90 Å². The molecule has 0 aromatic heterocycles. The molecule has 2 aliphatic rings. The molecule has 0 bridgehead atoms. The number of benzene rings is 1. The smallest absolute Gasteiger partial charge is 0.0954 e. The van der Waals surface area contributed by atoms with Crippen molar-refractivity contribution in [1.29, 1.82) is 0 Å². The van der Waals surface area contributed by atoms with E-state index < -0.39 is 0 Å². The van der Waals surface area contributed by atoms with Crippen LogP contribution in [0.3, 0.4) is 0 Å². The molecule has 0 spiro atoms. The van der Waals surface area contributed by atoms with Gasteiger partial charge in [0.15, 0.2) is 0 Å². The standard InChI is InChI=1S/C16H24N2O/c1-12(17)14-6-8-18(10-14)11-16-15-5-3-2-4-13(15)7-9-19-16/h2-5,12,14,16H,6-11,17H2,1H3. The van der Waals surface area contributed by atoms with Gasteiger partial charge in [0.1, 0.15) is 0 Å². The van der Waals surface area contributed by atoms with Gasteiger partial charge < -0.3 is 15.4 Å². The molecular weight excluding hydrogens is 236 g/mol. The summed E-state index contributed by atoms with van der Waals surface area (Å²) in [5.41, 5.74) is 8.86. The van der Waals surface area contributed by atoms with Crippen LogP contribution in [-0.4, -0.2) is 37.2 Å². The zero-order valence-electron chi connectivity index (χ0n) is 11.7. The highest BCUT2D eigenvalue weighted by Gasteiger charge is 2.29. The van der Waals surface area contributed by atoms with E-state index in [1.807, 2.05) is 0 Å². The largest absolute Gasteiger partial charge is 0.372 e. The Morgan fingerprint density at radius 1 is 1.42 bits per heavy atom. The Morgan fingerprint density at radius 2 is 2.26 bits per heavy atom. The summed E-state index contributed by atoms with van der Waals surface area (Å²) in [5.74, 6) is 0.652. The first kappa shape index (κ1) is 13.1. The van der Waals surface area contributed by atoms with Gasteiger partial charge in [0.25, 0.3) is 0 Å². The summed E-state index contributed by atoms with van der Waals surface area (Å²) in [6.07, 6.45) is 2.53. The predicted molar refractivity (Wildman–Crippen MR) is 77.0 cm³/mol. The minimum Gasteiger partial charge on any atom is -0.372 e. The third kappa shape index (κ3) is 2.83. The summed E-state index contributed by atoms with van der Waals surface area (Å²) < 4.78 is 5.99. The molecule has 1 aromatic rings. The lowest BCUT2D eigenvalue weighted by molar-refractivity contribution is 0.0198. The van der Waals surface area contributed by atoms with Gasteiger partial charge in [-0.05, 0) is 43.4 Å². The number of likely N-dealkylation sites (tertiary alicyclic amines) is 1. The van der Waals surface area contributed by atoms with Crippen LogP contribution in [0.15, 0.2) is 24.3 Å². The molecule has 3 atom stereocenters. The maximum absolute atomic E-state index is 6.01. The first-order valence-corrected chi connectivity index (χ1v) is 7.41. The van der Waals surface area contributed by atoms with E-state index >= 15 is 0 Å². The molecule has 0 saturated carbocycles. The minimum atomic E-state index is 0.247. The molecule has 3 nitrogen and oxygen atoms in total. The fourth-order valence-corrected chi connectivity index (χ4v) is 3.32. The van der Waals surface area contributed by atoms with Crippen LogP contribution in [0.4, 0.5) is 0 Å².